The van der Waals surface area contributed by atoms with Crippen LogP contribution in [-0.4, -0.2) is 43.3 Å². The van der Waals surface area contributed by atoms with E-state index in [-0.39, 0.29) is 51.4 Å². The Kier molecular flexibility index (Phi) is 13.4. The Hall–Kier alpha value is -1.64. The van der Waals surface area contributed by atoms with E-state index in [2.05, 4.69) is 6.92 Å². The van der Waals surface area contributed by atoms with Gasteiger partial charge in [0.25, 0.3) is 0 Å². The first-order valence-corrected chi connectivity index (χ1v) is 15.6. The van der Waals surface area contributed by atoms with Crippen LogP contribution in [0.1, 0.15) is 101 Å². The number of imide groups is 1. The number of unbranched alkanes of at least 4 members (excludes halogenated alkanes) is 9. The number of hydrazine groups is 1. The summed E-state index contributed by atoms with van der Waals surface area (Å²) in [7, 11) is 0. The molecule has 2 rings (SSSR count). The number of aromatic carboxylic acids is 1. The minimum atomic E-state index is -1.05. The number of hydrogen-bond acceptors (Lipinski definition) is 4. The van der Waals surface area contributed by atoms with Crippen LogP contribution in [0.15, 0.2) is 24.3 Å². The molecule has 1 aromatic carbocycles. The van der Waals surface area contributed by atoms with Crippen molar-refractivity contribution in [3.05, 3.63) is 29.8 Å². The van der Waals surface area contributed by atoms with Crippen LogP contribution in [0.4, 0.5) is 5.69 Å². The van der Waals surface area contributed by atoms with E-state index in [9.17, 15) is 19.5 Å². The summed E-state index contributed by atoms with van der Waals surface area (Å²) in [6.45, 7) is 2.74. The van der Waals surface area contributed by atoms with E-state index in [1.54, 1.807) is 23.2 Å². The molecule has 0 spiro atoms. The maximum absolute atomic E-state index is 12.4. The molecule has 1 aliphatic heterocycles. The standard InChI is InChI=1S/C26H40IN2O4/c1-2-3-4-5-6-7-8-9-10-13-19-27-20-14-21-28(29-24(30)17-18-25(29)31)23-16-12-11-15-22(23)26(32)33/h11-12,15-16H,2-10,13-14,17-21H2,1H3,(H,32,33)/q-1. The van der Waals surface area contributed by atoms with E-state index < -0.39 is 5.97 Å². The van der Waals surface area contributed by atoms with Gasteiger partial charge in [-0.3, -0.25) is 0 Å². The number of carboxylic acid groups (broad SMARTS) is 1. The van der Waals surface area contributed by atoms with Crippen LogP contribution >= 0.6 is 0 Å². The summed E-state index contributed by atoms with van der Waals surface area (Å²) < 4.78 is 2.42. The van der Waals surface area contributed by atoms with Crippen molar-refractivity contribution in [2.75, 3.05) is 20.4 Å². The van der Waals surface area contributed by atoms with Crippen molar-refractivity contribution in [3.63, 3.8) is 0 Å². The van der Waals surface area contributed by atoms with Gasteiger partial charge in [0.1, 0.15) is 0 Å². The molecule has 1 heterocycles. The normalized spacial score (nSPS) is 13.8. The van der Waals surface area contributed by atoms with Crippen LogP contribution in [0.25, 0.3) is 0 Å². The predicted octanol–water partition coefficient (Wildman–Crippen LogP) is 2.66. The van der Waals surface area contributed by atoms with Gasteiger partial charge in [-0.25, -0.2) is 0 Å². The van der Waals surface area contributed by atoms with Crippen molar-refractivity contribution in [3.8, 4) is 0 Å². The average molecular weight is 572 g/mol. The van der Waals surface area contributed by atoms with Crippen molar-refractivity contribution in [2.24, 2.45) is 0 Å². The van der Waals surface area contributed by atoms with Crippen molar-refractivity contribution >= 4 is 23.5 Å². The number of carbonyl (C=O) groups excluding carboxylic acids is 2. The second kappa shape index (κ2) is 16.1. The first-order chi connectivity index (χ1) is 16.1. The Balaban J connectivity index is 1.70. The molecule has 0 bridgehead atoms. The van der Waals surface area contributed by atoms with Gasteiger partial charge < -0.3 is 0 Å². The summed E-state index contributed by atoms with van der Waals surface area (Å²) in [5.41, 5.74) is 0.534. The van der Waals surface area contributed by atoms with E-state index in [0.29, 0.717) is 12.2 Å². The van der Waals surface area contributed by atoms with Crippen molar-refractivity contribution in [1.29, 1.82) is 0 Å². The van der Waals surface area contributed by atoms with E-state index in [0.717, 1.165) is 10.8 Å². The Morgan fingerprint density at radius 1 is 0.879 bits per heavy atom. The monoisotopic (exact) mass is 571 g/mol. The molecule has 33 heavy (non-hydrogen) atoms. The second-order valence-electron chi connectivity index (χ2n) is 8.65. The third-order valence-corrected chi connectivity index (χ3v) is 8.99. The first kappa shape index (κ1) is 27.6. The Morgan fingerprint density at radius 2 is 1.42 bits per heavy atom. The van der Waals surface area contributed by atoms with Crippen molar-refractivity contribution in [2.45, 2.75) is 90.4 Å². The van der Waals surface area contributed by atoms with Gasteiger partial charge in [0.05, 0.1) is 0 Å². The molecule has 0 unspecified atom stereocenters. The Labute approximate surface area is 209 Å². The van der Waals surface area contributed by atoms with Gasteiger partial charge in [-0.15, -0.1) is 0 Å². The molecule has 0 aliphatic carbocycles. The number of anilines is 1. The topological polar surface area (TPSA) is 77.9 Å². The van der Waals surface area contributed by atoms with E-state index in [4.69, 9.17) is 0 Å². The number of benzene rings is 1. The molecule has 0 aromatic heterocycles. The second-order valence-corrected chi connectivity index (χ2v) is 11.9. The number of rotatable bonds is 18. The van der Waals surface area contributed by atoms with E-state index in [1.807, 2.05) is 0 Å². The van der Waals surface area contributed by atoms with Gasteiger partial charge in [-0.1, -0.05) is 0 Å². The third kappa shape index (κ3) is 9.63. The molecular formula is C26H40IN2O4-. The minimum absolute atomic E-state index is 0.0984. The first-order valence-electron chi connectivity index (χ1n) is 12.5. The van der Waals surface area contributed by atoms with Crippen LogP contribution in [0.5, 0.6) is 0 Å². The molecule has 1 N–H and O–H groups in total. The van der Waals surface area contributed by atoms with Crippen molar-refractivity contribution < 1.29 is 40.7 Å². The molecular weight excluding hydrogens is 531 g/mol. The zero-order valence-corrected chi connectivity index (χ0v) is 22.2. The molecule has 0 saturated carbocycles. The number of halogens is 1. The fourth-order valence-corrected chi connectivity index (χ4v) is 6.62. The number of carboxylic acids is 1. The van der Waals surface area contributed by atoms with Crippen LogP contribution in [0, 0.1) is 0 Å². The van der Waals surface area contributed by atoms with Crippen molar-refractivity contribution in [1.82, 2.24) is 5.01 Å². The SMILES string of the molecule is CCCCCCCCCCCC[I-]CCCN(c1ccccc1C(=O)O)N1C(=O)CCC1=O. The number of carbonyl (C=O) groups is 3. The Morgan fingerprint density at radius 3 is 2.03 bits per heavy atom. The van der Waals surface area contributed by atoms with Gasteiger partial charge in [-0.05, 0) is 0 Å². The molecule has 6 nitrogen and oxygen atoms in total. The molecule has 1 aliphatic rings. The third-order valence-electron chi connectivity index (χ3n) is 5.94. The number of hydrogen-bond donors (Lipinski definition) is 1. The fraction of sp³-hybridized carbons (Fsp3) is 0.654. The summed E-state index contributed by atoms with van der Waals surface area (Å²) in [4.78, 5) is 36.4. The predicted molar refractivity (Wildman–Crippen MR) is 128 cm³/mol. The number of amides is 2. The Bertz CT molecular complexity index is 740. The van der Waals surface area contributed by atoms with E-state index in [1.165, 1.54) is 79.7 Å². The van der Waals surface area contributed by atoms with Gasteiger partial charge in [0.2, 0.25) is 0 Å². The molecule has 0 atom stereocenters. The van der Waals surface area contributed by atoms with Crippen LogP contribution in [0.3, 0.4) is 0 Å². The molecule has 2 amide bonds. The van der Waals surface area contributed by atoms with Gasteiger partial charge in [0, 0.05) is 0 Å². The van der Waals surface area contributed by atoms with Gasteiger partial charge >= 0.3 is 210 Å². The molecule has 0 radical (unpaired) electrons. The van der Waals surface area contributed by atoms with Crippen LogP contribution < -0.4 is 26.2 Å². The molecule has 1 saturated heterocycles. The quantitative estimate of drug-likeness (QED) is 0.127. The summed E-state index contributed by atoms with van der Waals surface area (Å²) >= 11 is 0.0984. The van der Waals surface area contributed by atoms with Crippen LogP contribution in [0.2, 0.25) is 0 Å². The molecule has 1 aromatic rings. The average Bonchev–Trinajstić information content (AvgIpc) is 3.14. The number of alkyl halides is 2. The zero-order chi connectivity index (χ0) is 23.9. The molecule has 1 fully saturated rings. The van der Waals surface area contributed by atoms with E-state index >= 15 is 0 Å². The van der Waals surface area contributed by atoms with Gasteiger partial charge in [0.15, 0.2) is 0 Å². The van der Waals surface area contributed by atoms with Gasteiger partial charge in [-0.2, -0.15) is 0 Å². The zero-order valence-electron chi connectivity index (χ0n) is 20.1. The fourth-order valence-electron chi connectivity index (χ4n) is 4.12. The van der Waals surface area contributed by atoms with Crippen LogP contribution in [-0.2, 0) is 9.59 Å². The molecule has 7 heteroatoms. The summed E-state index contributed by atoms with van der Waals surface area (Å²) in [5, 5.41) is 12.3. The number of para-hydroxylation sites is 1. The number of nitrogens with zero attached hydrogens (tertiary/aromatic N) is 2. The maximum atomic E-state index is 12.4. The molecule has 186 valence electrons. The summed E-state index contributed by atoms with van der Waals surface area (Å²) in [6, 6.07) is 6.61. The summed E-state index contributed by atoms with van der Waals surface area (Å²) in [6.07, 6.45) is 14.8. The summed E-state index contributed by atoms with van der Waals surface area (Å²) in [5.74, 6) is -1.55.